The molecule has 2 aromatic heterocycles. The van der Waals surface area contributed by atoms with Gasteiger partial charge in [0.05, 0.1) is 6.04 Å². The molecular weight excluding hydrogens is 226 g/mol. The first-order valence-corrected chi connectivity index (χ1v) is 6.01. The molecule has 2 rings (SSSR count). The molecule has 1 unspecified atom stereocenters. The normalized spacial score (nSPS) is 13.0. The Morgan fingerprint density at radius 2 is 2.27 bits per heavy atom. The second-order valence-corrected chi connectivity index (χ2v) is 5.24. The van der Waals surface area contributed by atoms with E-state index in [1.807, 2.05) is 19.3 Å². The van der Waals surface area contributed by atoms with Gasteiger partial charge in [0.15, 0.2) is 4.77 Å². The van der Waals surface area contributed by atoms with Crippen molar-refractivity contribution in [3.63, 3.8) is 0 Å². The molecule has 5 heteroatoms. The molecule has 80 valence electrons. The molecule has 0 aliphatic carbocycles. The fraction of sp³-hybridized carbons (Fsp3) is 0.400. The molecule has 0 saturated carbocycles. The molecule has 0 bridgehead atoms. The fourth-order valence-electron chi connectivity index (χ4n) is 1.62. The van der Waals surface area contributed by atoms with Crippen LogP contribution in [0, 0.1) is 18.6 Å². The third-order valence-corrected chi connectivity index (χ3v) is 3.78. The van der Waals surface area contributed by atoms with Gasteiger partial charge in [-0.05, 0) is 33.0 Å². The molecule has 0 radical (unpaired) electrons. The number of imidazole rings is 1. The van der Waals surface area contributed by atoms with Crippen molar-refractivity contribution in [2.24, 2.45) is 0 Å². The van der Waals surface area contributed by atoms with Crippen LogP contribution < -0.4 is 0 Å². The molecule has 0 aromatic carbocycles. The molecule has 0 spiro atoms. The molecule has 15 heavy (non-hydrogen) atoms. The third kappa shape index (κ3) is 1.89. The molecule has 1 atom stereocenters. The van der Waals surface area contributed by atoms with Crippen LogP contribution in [0.15, 0.2) is 12.4 Å². The Hall–Kier alpha value is -0.940. The summed E-state index contributed by atoms with van der Waals surface area (Å²) in [4.78, 5) is 8.67. The topological polar surface area (TPSA) is 33.6 Å². The van der Waals surface area contributed by atoms with Crippen LogP contribution in [0.5, 0.6) is 0 Å². The predicted octanol–water partition coefficient (Wildman–Crippen LogP) is 3.23. The van der Waals surface area contributed by atoms with Crippen molar-refractivity contribution in [3.8, 4) is 0 Å². The molecule has 3 nitrogen and oxygen atoms in total. The van der Waals surface area contributed by atoms with Gasteiger partial charge in [-0.15, -0.1) is 11.3 Å². The van der Waals surface area contributed by atoms with Gasteiger partial charge in [0.2, 0.25) is 0 Å². The Morgan fingerprint density at radius 3 is 2.73 bits per heavy atom. The first-order valence-electron chi connectivity index (χ1n) is 4.78. The maximum atomic E-state index is 5.24. The highest BCUT2D eigenvalue weighted by atomic mass is 32.1. The smallest absolute Gasteiger partial charge is 0.177 e. The lowest BCUT2D eigenvalue weighted by Gasteiger charge is -2.12. The van der Waals surface area contributed by atoms with Crippen LogP contribution in [0.3, 0.4) is 0 Å². The Bertz CT molecular complexity index is 521. The lowest BCUT2D eigenvalue weighted by molar-refractivity contribution is 0.611. The van der Waals surface area contributed by atoms with E-state index >= 15 is 0 Å². The molecule has 2 aromatic rings. The standard InChI is InChI=1S/C10H13N3S2/c1-6-4-12-10(14)13(6)8(3)9-11-5-7(2)15-9/h4-5,8H,1-3H3,(H,12,14). The minimum absolute atomic E-state index is 0.211. The molecule has 2 heterocycles. The summed E-state index contributed by atoms with van der Waals surface area (Å²) in [6.07, 6.45) is 3.83. The van der Waals surface area contributed by atoms with Crippen LogP contribution in [0.4, 0.5) is 0 Å². The molecule has 1 N–H and O–H groups in total. The first kappa shape index (κ1) is 10.6. The molecule has 0 saturated heterocycles. The summed E-state index contributed by atoms with van der Waals surface area (Å²) < 4.78 is 2.85. The van der Waals surface area contributed by atoms with Crippen LogP contribution in [0.25, 0.3) is 0 Å². The molecule has 0 amide bonds. The first-order chi connectivity index (χ1) is 7.09. The summed E-state index contributed by atoms with van der Waals surface area (Å²) in [5, 5.41) is 1.10. The van der Waals surface area contributed by atoms with Gasteiger partial charge in [0.25, 0.3) is 0 Å². The SMILES string of the molecule is Cc1cnc(C(C)n2c(C)c[nH]c2=S)s1. The van der Waals surface area contributed by atoms with Crippen LogP contribution in [-0.2, 0) is 0 Å². The van der Waals surface area contributed by atoms with E-state index in [1.54, 1.807) is 11.3 Å². The number of aromatic nitrogens is 3. The zero-order valence-corrected chi connectivity index (χ0v) is 10.6. The minimum atomic E-state index is 0.211. The zero-order chi connectivity index (χ0) is 11.0. The van der Waals surface area contributed by atoms with Gasteiger partial charge >= 0.3 is 0 Å². The monoisotopic (exact) mass is 239 g/mol. The van der Waals surface area contributed by atoms with Crippen LogP contribution in [-0.4, -0.2) is 14.5 Å². The summed E-state index contributed by atoms with van der Waals surface area (Å²) in [6, 6.07) is 0.211. The number of aryl methyl sites for hydroxylation is 2. The van der Waals surface area contributed by atoms with E-state index < -0.39 is 0 Å². The maximum Gasteiger partial charge on any atom is 0.177 e. The lowest BCUT2D eigenvalue weighted by atomic mass is 10.3. The summed E-state index contributed by atoms with van der Waals surface area (Å²) in [5.41, 5.74) is 1.14. The average molecular weight is 239 g/mol. The van der Waals surface area contributed by atoms with E-state index in [1.165, 1.54) is 4.88 Å². The number of rotatable bonds is 2. The van der Waals surface area contributed by atoms with E-state index in [0.29, 0.717) is 0 Å². The van der Waals surface area contributed by atoms with Gasteiger partial charge in [-0.1, -0.05) is 0 Å². The van der Waals surface area contributed by atoms with E-state index in [4.69, 9.17) is 12.2 Å². The van der Waals surface area contributed by atoms with Crippen molar-refractivity contribution in [3.05, 3.63) is 32.7 Å². The number of aromatic amines is 1. The molecule has 0 aliphatic heterocycles. The zero-order valence-electron chi connectivity index (χ0n) is 8.94. The van der Waals surface area contributed by atoms with Crippen LogP contribution in [0.2, 0.25) is 0 Å². The van der Waals surface area contributed by atoms with Gasteiger partial charge in [0.1, 0.15) is 5.01 Å². The summed E-state index contributed by atoms with van der Waals surface area (Å²) >= 11 is 6.96. The maximum absolute atomic E-state index is 5.24. The van der Waals surface area contributed by atoms with Crippen LogP contribution in [0.1, 0.15) is 28.5 Å². The second kappa shape index (κ2) is 3.90. The van der Waals surface area contributed by atoms with Crippen molar-refractivity contribution in [2.45, 2.75) is 26.8 Å². The van der Waals surface area contributed by atoms with Crippen LogP contribution >= 0.6 is 23.6 Å². The highest BCUT2D eigenvalue weighted by molar-refractivity contribution is 7.71. The predicted molar refractivity (Wildman–Crippen MR) is 65.0 cm³/mol. The third-order valence-electron chi connectivity index (χ3n) is 2.39. The Balaban J connectivity index is 2.44. The van der Waals surface area contributed by atoms with Crippen molar-refractivity contribution < 1.29 is 0 Å². The Kier molecular flexibility index (Phi) is 2.75. The van der Waals surface area contributed by atoms with Gasteiger partial charge in [-0.25, -0.2) is 4.98 Å². The second-order valence-electron chi connectivity index (χ2n) is 3.59. The summed E-state index contributed by atoms with van der Waals surface area (Å²) in [6.45, 7) is 6.23. The van der Waals surface area contributed by atoms with E-state index in [0.717, 1.165) is 15.5 Å². The van der Waals surface area contributed by atoms with Crippen molar-refractivity contribution in [1.82, 2.24) is 14.5 Å². The Labute approximate surface area is 97.8 Å². The number of hydrogen-bond acceptors (Lipinski definition) is 3. The number of hydrogen-bond donors (Lipinski definition) is 1. The van der Waals surface area contributed by atoms with Crippen molar-refractivity contribution >= 4 is 23.6 Å². The van der Waals surface area contributed by atoms with Gasteiger partial charge in [-0.2, -0.15) is 0 Å². The van der Waals surface area contributed by atoms with Gasteiger partial charge < -0.3 is 9.55 Å². The number of thiazole rings is 1. The van der Waals surface area contributed by atoms with Crippen molar-refractivity contribution in [1.29, 1.82) is 0 Å². The van der Waals surface area contributed by atoms with E-state index in [9.17, 15) is 0 Å². The quantitative estimate of drug-likeness (QED) is 0.816. The summed E-state index contributed by atoms with van der Waals surface area (Å²) in [5.74, 6) is 0. The fourth-order valence-corrected chi connectivity index (χ4v) is 2.80. The lowest BCUT2D eigenvalue weighted by Crippen LogP contribution is -2.07. The number of nitrogens with zero attached hydrogens (tertiary/aromatic N) is 2. The molecule has 0 aliphatic rings. The molecule has 0 fully saturated rings. The number of H-pyrrole nitrogens is 1. The largest absolute Gasteiger partial charge is 0.337 e. The average Bonchev–Trinajstić information content (AvgIpc) is 2.73. The van der Waals surface area contributed by atoms with Gasteiger partial charge in [0, 0.05) is 23.0 Å². The van der Waals surface area contributed by atoms with Crippen molar-refractivity contribution in [2.75, 3.05) is 0 Å². The number of nitrogens with one attached hydrogen (secondary N) is 1. The highest BCUT2D eigenvalue weighted by Gasteiger charge is 2.13. The Morgan fingerprint density at radius 1 is 1.53 bits per heavy atom. The summed E-state index contributed by atoms with van der Waals surface area (Å²) in [7, 11) is 0. The van der Waals surface area contributed by atoms with E-state index in [2.05, 4.69) is 28.4 Å². The molecular formula is C10H13N3S2. The highest BCUT2D eigenvalue weighted by Crippen LogP contribution is 2.24. The van der Waals surface area contributed by atoms with Gasteiger partial charge in [-0.3, -0.25) is 0 Å². The minimum Gasteiger partial charge on any atom is -0.337 e. The van der Waals surface area contributed by atoms with E-state index in [-0.39, 0.29) is 6.04 Å².